The third-order valence-electron chi connectivity index (χ3n) is 3.80. The summed E-state index contributed by atoms with van der Waals surface area (Å²) in [6.45, 7) is 0. The molecule has 0 radical (unpaired) electrons. The highest BCUT2D eigenvalue weighted by Crippen LogP contribution is 2.34. The maximum atomic E-state index is 12.8. The molecule has 2 aromatic carbocycles. The summed E-state index contributed by atoms with van der Waals surface area (Å²) in [7, 11) is -2.01. The minimum atomic E-state index is -3.74. The molecule has 2 aromatic rings. The van der Waals surface area contributed by atoms with Crippen molar-refractivity contribution in [2.45, 2.75) is 9.79 Å². The van der Waals surface area contributed by atoms with Crippen molar-refractivity contribution in [2.24, 2.45) is 5.10 Å². The topological polar surface area (TPSA) is 90.9 Å². The van der Waals surface area contributed by atoms with Gasteiger partial charge in [-0.1, -0.05) is 18.2 Å². The molecule has 2 aliphatic heterocycles. The number of hydrazine groups is 2. The molecule has 0 spiro atoms. The number of sulfone groups is 1. The summed E-state index contributed by atoms with van der Waals surface area (Å²) >= 11 is 0. The summed E-state index contributed by atoms with van der Waals surface area (Å²) in [6.07, 6.45) is 0. The minimum Gasteiger partial charge on any atom is -0.289 e. The van der Waals surface area contributed by atoms with Gasteiger partial charge in [-0.05, 0) is 24.3 Å². The molecule has 0 saturated carbocycles. The van der Waals surface area contributed by atoms with Crippen molar-refractivity contribution >= 4 is 21.5 Å². The van der Waals surface area contributed by atoms with Gasteiger partial charge in [0.15, 0.2) is 11.6 Å². The van der Waals surface area contributed by atoms with Crippen LogP contribution in [0.2, 0.25) is 0 Å². The van der Waals surface area contributed by atoms with Crippen LogP contribution in [-0.4, -0.2) is 32.2 Å². The number of carbonyl (C=O) groups excluding carboxylic acids is 1. The normalized spacial score (nSPS) is 18.5. The molecule has 0 amide bonds. The number of nitrogens with one attached hydrogen (secondary N) is 2. The SMILES string of the molecule is CN1NN=C(c2ccc3c(c2)S(=O)(=O)c2ccccc2C3=O)N1. The van der Waals surface area contributed by atoms with Crippen LogP contribution in [0.4, 0.5) is 0 Å². The second-order valence-corrected chi connectivity index (χ2v) is 7.16. The molecule has 4 rings (SSSR count). The van der Waals surface area contributed by atoms with E-state index in [1.165, 1.54) is 29.4 Å². The van der Waals surface area contributed by atoms with E-state index in [1.807, 2.05) is 0 Å². The quantitative estimate of drug-likeness (QED) is 0.683. The first-order chi connectivity index (χ1) is 11.0. The molecular weight excluding hydrogens is 316 g/mol. The molecule has 0 fully saturated rings. The lowest BCUT2D eigenvalue weighted by atomic mass is 10.0. The summed E-state index contributed by atoms with van der Waals surface area (Å²) < 4.78 is 25.7. The number of benzene rings is 2. The Morgan fingerprint density at radius 1 is 1.04 bits per heavy atom. The van der Waals surface area contributed by atoms with Crippen LogP contribution < -0.4 is 11.0 Å². The zero-order chi connectivity index (χ0) is 16.2. The van der Waals surface area contributed by atoms with Gasteiger partial charge in [0.1, 0.15) is 0 Å². The molecule has 116 valence electrons. The predicted octanol–water partition coefficient (Wildman–Crippen LogP) is 0.680. The summed E-state index contributed by atoms with van der Waals surface area (Å²) in [5.41, 5.74) is 6.59. The molecule has 0 aromatic heterocycles. The second kappa shape index (κ2) is 4.64. The van der Waals surface area contributed by atoms with E-state index in [2.05, 4.69) is 16.1 Å². The van der Waals surface area contributed by atoms with Crippen LogP contribution >= 0.6 is 0 Å². The van der Waals surface area contributed by atoms with Crippen LogP contribution in [0.15, 0.2) is 57.4 Å². The highest BCUT2D eigenvalue weighted by atomic mass is 32.2. The number of hydrogen-bond donors (Lipinski definition) is 2. The molecule has 0 unspecified atom stereocenters. The summed E-state index contributed by atoms with van der Waals surface area (Å²) in [5, 5.41) is 5.58. The Hall–Kier alpha value is -2.71. The zero-order valence-corrected chi connectivity index (χ0v) is 12.9. The van der Waals surface area contributed by atoms with Gasteiger partial charge in [-0.2, -0.15) is 0 Å². The number of fused-ring (bicyclic) bond motifs is 2. The molecule has 0 aliphatic carbocycles. The third-order valence-corrected chi connectivity index (χ3v) is 5.65. The van der Waals surface area contributed by atoms with Crippen molar-refractivity contribution in [3.63, 3.8) is 0 Å². The van der Waals surface area contributed by atoms with E-state index in [0.29, 0.717) is 11.4 Å². The third kappa shape index (κ3) is 1.96. The maximum absolute atomic E-state index is 12.8. The molecule has 2 aliphatic rings. The van der Waals surface area contributed by atoms with Crippen LogP contribution in [0.25, 0.3) is 0 Å². The van der Waals surface area contributed by atoms with E-state index >= 15 is 0 Å². The molecular formula is C15H12N4O3S. The Kier molecular flexibility index (Phi) is 2.81. The highest BCUT2D eigenvalue weighted by molar-refractivity contribution is 7.91. The number of hydrazone groups is 1. The smallest absolute Gasteiger partial charge is 0.208 e. The molecule has 0 atom stereocenters. The Bertz CT molecular complexity index is 982. The van der Waals surface area contributed by atoms with E-state index in [-0.39, 0.29) is 26.7 Å². The Balaban J connectivity index is 1.92. The van der Waals surface area contributed by atoms with Gasteiger partial charge >= 0.3 is 0 Å². The van der Waals surface area contributed by atoms with Gasteiger partial charge in [0.25, 0.3) is 0 Å². The van der Waals surface area contributed by atoms with Crippen molar-refractivity contribution in [1.29, 1.82) is 0 Å². The van der Waals surface area contributed by atoms with E-state index in [4.69, 9.17) is 0 Å². The van der Waals surface area contributed by atoms with E-state index in [0.717, 1.165) is 0 Å². The van der Waals surface area contributed by atoms with Crippen LogP contribution in [0.1, 0.15) is 21.5 Å². The summed E-state index contributed by atoms with van der Waals surface area (Å²) in [4.78, 5) is 12.6. The van der Waals surface area contributed by atoms with Crippen LogP contribution in [0.5, 0.6) is 0 Å². The number of amidine groups is 1. The number of hydrogen-bond acceptors (Lipinski definition) is 7. The lowest BCUT2D eigenvalue weighted by molar-refractivity contribution is 0.103. The van der Waals surface area contributed by atoms with Crippen molar-refractivity contribution in [3.8, 4) is 0 Å². The first kappa shape index (κ1) is 13.9. The van der Waals surface area contributed by atoms with Crippen LogP contribution in [0, 0.1) is 0 Å². The van der Waals surface area contributed by atoms with Gasteiger partial charge in [0, 0.05) is 23.7 Å². The number of carbonyl (C=O) groups is 1. The van der Waals surface area contributed by atoms with Crippen molar-refractivity contribution in [3.05, 3.63) is 59.2 Å². The number of ketones is 1. The molecule has 8 heteroatoms. The average Bonchev–Trinajstić information content (AvgIpc) is 2.99. The first-order valence-corrected chi connectivity index (χ1v) is 8.34. The van der Waals surface area contributed by atoms with Gasteiger partial charge in [0.05, 0.1) is 9.79 Å². The molecule has 2 N–H and O–H groups in total. The van der Waals surface area contributed by atoms with Crippen molar-refractivity contribution in [1.82, 2.24) is 16.1 Å². The second-order valence-electron chi connectivity index (χ2n) is 5.27. The fraction of sp³-hybridized carbons (Fsp3) is 0.0667. The summed E-state index contributed by atoms with van der Waals surface area (Å²) in [5.74, 6) is 0.199. The van der Waals surface area contributed by atoms with Gasteiger partial charge in [-0.3, -0.25) is 10.2 Å². The van der Waals surface area contributed by atoms with Gasteiger partial charge in [0.2, 0.25) is 9.84 Å². The minimum absolute atomic E-state index is 0.0118. The molecule has 0 saturated heterocycles. The molecule has 23 heavy (non-hydrogen) atoms. The lowest BCUT2D eigenvalue weighted by Gasteiger charge is -2.19. The maximum Gasteiger partial charge on any atom is 0.208 e. The van der Waals surface area contributed by atoms with E-state index < -0.39 is 9.84 Å². The Morgan fingerprint density at radius 3 is 2.52 bits per heavy atom. The zero-order valence-electron chi connectivity index (χ0n) is 12.1. The monoisotopic (exact) mass is 328 g/mol. The van der Waals surface area contributed by atoms with Crippen molar-refractivity contribution < 1.29 is 13.2 Å². The molecule has 2 heterocycles. The fourth-order valence-corrected chi connectivity index (χ4v) is 4.37. The standard InChI is InChI=1S/C15H12N4O3S/c1-19-17-15(16-18-19)9-6-7-11-13(8-9)23(21,22)12-5-3-2-4-10(12)14(11)20/h2-8,18H,1H3,(H,16,17). The molecule has 0 bridgehead atoms. The summed E-state index contributed by atoms with van der Waals surface area (Å²) in [6, 6.07) is 10.9. The highest BCUT2D eigenvalue weighted by Gasteiger charge is 2.35. The lowest BCUT2D eigenvalue weighted by Crippen LogP contribution is -2.37. The Labute approximate surface area is 132 Å². The first-order valence-electron chi connectivity index (χ1n) is 6.85. The predicted molar refractivity (Wildman–Crippen MR) is 82.3 cm³/mol. The number of nitrogens with zero attached hydrogens (tertiary/aromatic N) is 2. The average molecular weight is 328 g/mol. The van der Waals surface area contributed by atoms with E-state index in [9.17, 15) is 13.2 Å². The van der Waals surface area contributed by atoms with Crippen LogP contribution in [0.3, 0.4) is 0 Å². The Morgan fingerprint density at radius 2 is 1.78 bits per heavy atom. The van der Waals surface area contributed by atoms with Gasteiger partial charge in [-0.25, -0.2) is 14.0 Å². The fourth-order valence-electron chi connectivity index (χ4n) is 2.69. The number of rotatable bonds is 1. The van der Waals surface area contributed by atoms with Gasteiger partial charge in [-0.15, -0.1) is 10.2 Å². The van der Waals surface area contributed by atoms with Gasteiger partial charge < -0.3 is 0 Å². The van der Waals surface area contributed by atoms with Crippen molar-refractivity contribution in [2.75, 3.05) is 7.05 Å². The molecule has 7 nitrogen and oxygen atoms in total. The van der Waals surface area contributed by atoms with E-state index in [1.54, 1.807) is 25.2 Å². The largest absolute Gasteiger partial charge is 0.289 e. The van der Waals surface area contributed by atoms with Crippen LogP contribution in [-0.2, 0) is 9.84 Å².